The summed E-state index contributed by atoms with van der Waals surface area (Å²) in [6, 6.07) is 5.38. The van der Waals surface area contributed by atoms with Crippen molar-refractivity contribution < 1.29 is 4.39 Å². The first-order chi connectivity index (χ1) is 6.38. The molecular weight excluding hydrogens is 245 g/mol. The van der Waals surface area contributed by atoms with Gasteiger partial charge in [-0.1, -0.05) is 6.07 Å². The average Bonchev–Trinajstić information content (AvgIpc) is 2.13. The lowest BCUT2D eigenvalue weighted by atomic mass is 9.85. The second kappa shape index (κ2) is 3.70. The van der Waals surface area contributed by atoms with Gasteiger partial charge in [-0.15, -0.1) is 0 Å². The molecule has 0 N–H and O–H groups in total. The second-order valence-corrected chi connectivity index (χ2v) is 4.62. The minimum atomic E-state index is -0.647. The molecular formula is C11H11BrFN. The van der Waals surface area contributed by atoms with Crippen molar-refractivity contribution in [3.8, 4) is 6.07 Å². The molecule has 0 amide bonds. The number of benzene rings is 1. The van der Waals surface area contributed by atoms with Crippen LogP contribution in [0.1, 0.15) is 25.0 Å². The van der Waals surface area contributed by atoms with E-state index >= 15 is 0 Å². The molecule has 0 aliphatic heterocycles. The van der Waals surface area contributed by atoms with Crippen molar-refractivity contribution in [1.29, 1.82) is 5.26 Å². The summed E-state index contributed by atoms with van der Waals surface area (Å²) in [6.45, 7) is 5.36. The number of hydrogen-bond donors (Lipinski definition) is 0. The van der Waals surface area contributed by atoms with E-state index in [1.807, 2.05) is 13.0 Å². The Labute approximate surface area is 91.7 Å². The highest BCUT2D eigenvalue weighted by atomic mass is 79.9. The quantitative estimate of drug-likeness (QED) is 0.751. The van der Waals surface area contributed by atoms with Gasteiger partial charge < -0.3 is 0 Å². The third kappa shape index (κ3) is 1.96. The number of rotatable bonds is 1. The Hall–Kier alpha value is -0.880. The number of nitrogens with zero attached hydrogens (tertiary/aromatic N) is 1. The smallest absolute Gasteiger partial charge is 0.137 e. The van der Waals surface area contributed by atoms with E-state index in [0.717, 1.165) is 5.56 Å². The second-order valence-electron chi connectivity index (χ2n) is 3.83. The Morgan fingerprint density at radius 3 is 2.43 bits per heavy atom. The Kier molecular flexibility index (Phi) is 2.96. The highest BCUT2D eigenvalue weighted by molar-refractivity contribution is 9.10. The topological polar surface area (TPSA) is 23.8 Å². The summed E-state index contributed by atoms with van der Waals surface area (Å²) in [5.41, 5.74) is 0.869. The Bertz CT molecular complexity index is 381. The first kappa shape index (κ1) is 11.2. The van der Waals surface area contributed by atoms with Crippen LogP contribution >= 0.6 is 15.9 Å². The molecule has 0 atom stereocenters. The summed E-state index contributed by atoms with van der Waals surface area (Å²) < 4.78 is 13.8. The molecule has 0 aromatic heterocycles. The molecule has 0 unspecified atom stereocenters. The zero-order valence-electron chi connectivity index (χ0n) is 8.36. The number of nitriles is 1. The van der Waals surface area contributed by atoms with Crippen LogP contribution in [0.3, 0.4) is 0 Å². The average molecular weight is 256 g/mol. The molecule has 0 bridgehead atoms. The van der Waals surface area contributed by atoms with Crippen molar-refractivity contribution in [2.75, 3.05) is 0 Å². The maximum absolute atomic E-state index is 13.4. The standard InChI is InChI=1S/C11H11BrFN/c1-7-4-8(11(2,3)6-14)5-9(13)10(7)12/h4-5H,1-3H3. The first-order valence-corrected chi connectivity index (χ1v) is 5.05. The summed E-state index contributed by atoms with van der Waals surface area (Å²) in [6.07, 6.45) is 0. The van der Waals surface area contributed by atoms with E-state index in [4.69, 9.17) is 5.26 Å². The molecule has 1 aromatic carbocycles. The Balaban J connectivity index is 3.35. The predicted molar refractivity (Wildman–Crippen MR) is 57.5 cm³/mol. The largest absolute Gasteiger partial charge is 0.206 e. The number of aryl methyl sites for hydroxylation is 1. The van der Waals surface area contributed by atoms with E-state index in [-0.39, 0.29) is 5.82 Å². The van der Waals surface area contributed by atoms with Crippen LogP contribution in [-0.4, -0.2) is 0 Å². The highest BCUT2D eigenvalue weighted by Crippen LogP contribution is 2.28. The van der Waals surface area contributed by atoms with E-state index in [9.17, 15) is 4.39 Å². The Morgan fingerprint density at radius 1 is 1.43 bits per heavy atom. The first-order valence-electron chi connectivity index (χ1n) is 4.26. The van der Waals surface area contributed by atoms with Crippen LogP contribution in [0.15, 0.2) is 16.6 Å². The fourth-order valence-corrected chi connectivity index (χ4v) is 1.38. The van der Waals surface area contributed by atoms with Gasteiger partial charge in [0.25, 0.3) is 0 Å². The van der Waals surface area contributed by atoms with Crippen molar-refractivity contribution >= 4 is 15.9 Å². The zero-order chi connectivity index (χ0) is 10.9. The molecule has 1 aromatic rings. The fourth-order valence-electron chi connectivity index (χ4n) is 1.15. The van der Waals surface area contributed by atoms with Crippen LogP contribution in [-0.2, 0) is 5.41 Å². The van der Waals surface area contributed by atoms with Crippen LogP contribution in [0.2, 0.25) is 0 Å². The molecule has 1 nitrogen and oxygen atoms in total. The van der Waals surface area contributed by atoms with E-state index in [1.165, 1.54) is 6.07 Å². The molecule has 14 heavy (non-hydrogen) atoms. The van der Waals surface area contributed by atoms with Gasteiger partial charge in [0.05, 0.1) is 16.0 Å². The lowest BCUT2D eigenvalue weighted by molar-refractivity contribution is 0.605. The van der Waals surface area contributed by atoms with Crippen molar-refractivity contribution in [1.82, 2.24) is 0 Å². The van der Waals surface area contributed by atoms with Crippen molar-refractivity contribution in [2.45, 2.75) is 26.2 Å². The molecule has 0 spiro atoms. The molecule has 0 heterocycles. The third-order valence-corrected chi connectivity index (χ3v) is 3.22. The minimum absolute atomic E-state index is 0.316. The van der Waals surface area contributed by atoms with Gasteiger partial charge in [-0.05, 0) is 53.9 Å². The van der Waals surface area contributed by atoms with Crippen molar-refractivity contribution in [2.24, 2.45) is 0 Å². The lowest BCUT2D eigenvalue weighted by Crippen LogP contribution is -2.14. The number of halogens is 2. The van der Waals surface area contributed by atoms with Crippen LogP contribution < -0.4 is 0 Å². The van der Waals surface area contributed by atoms with Crippen molar-refractivity contribution in [3.05, 3.63) is 33.5 Å². The molecule has 0 saturated heterocycles. The summed E-state index contributed by atoms with van der Waals surface area (Å²) >= 11 is 3.14. The third-order valence-electron chi connectivity index (χ3n) is 2.21. The van der Waals surface area contributed by atoms with Crippen LogP contribution in [0.5, 0.6) is 0 Å². The summed E-state index contributed by atoms with van der Waals surface area (Å²) in [7, 11) is 0. The monoisotopic (exact) mass is 255 g/mol. The summed E-state index contributed by atoms with van der Waals surface area (Å²) in [4.78, 5) is 0. The van der Waals surface area contributed by atoms with Crippen LogP contribution in [0.4, 0.5) is 4.39 Å². The van der Waals surface area contributed by atoms with Gasteiger partial charge in [0.2, 0.25) is 0 Å². The zero-order valence-corrected chi connectivity index (χ0v) is 9.94. The number of hydrogen-bond acceptors (Lipinski definition) is 1. The van der Waals surface area contributed by atoms with Crippen molar-refractivity contribution in [3.63, 3.8) is 0 Å². The molecule has 0 aliphatic rings. The minimum Gasteiger partial charge on any atom is -0.206 e. The summed E-state index contributed by atoms with van der Waals surface area (Å²) in [5, 5.41) is 8.91. The van der Waals surface area contributed by atoms with E-state index < -0.39 is 5.41 Å². The van der Waals surface area contributed by atoms with Crippen LogP contribution in [0.25, 0.3) is 0 Å². The van der Waals surface area contributed by atoms with Gasteiger partial charge in [0.1, 0.15) is 5.82 Å². The molecule has 0 radical (unpaired) electrons. The maximum atomic E-state index is 13.4. The molecule has 0 saturated carbocycles. The van der Waals surface area contributed by atoms with Gasteiger partial charge in [-0.25, -0.2) is 4.39 Å². The van der Waals surface area contributed by atoms with Gasteiger partial charge in [-0.3, -0.25) is 0 Å². The van der Waals surface area contributed by atoms with Gasteiger partial charge in [0.15, 0.2) is 0 Å². The predicted octanol–water partition coefficient (Wildman–Crippen LogP) is 3.70. The lowest BCUT2D eigenvalue weighted by Gasteiger charge is -2.17. The van der Waals surface area contributed by atoms with E-state index in [0.29, 0.717) is 10.0 Å². The SMILES string of the molecule is Cc1cc(C(C)(C)C#N)cc(F)c1Br. The Morgan fingerprint density at radius 2 is 2.00 bits per heavy atom. The molecule has 74 valence electrons. The fraction of sp³-hybridized carbons (Fsp3) is 0.364. The van der Waals surface area contributed by atoms with E-state index in [1.54, 1.807) is 13.8 Å². The summed E-state index contributed by atoms with van der Waals surface area (Å²) in [5.74, 6) is -0.316. The normalized spacial score (nSPS) is 11.1. The molecule has 3 heteroatoms. The van der Waals surface area contributed by atoms with E-state index in [2.05, 4.69) is 22.0 Å². The molecule has 0 fully saturated rings. The van der Waals surface area contributed by atoms with Gasteiger partial charge in [0, 0.05) is 0 Å². The molecule has 0 aliphatic carbocycles. The molecule has 1 rings (SSSR count). The van der Waals surface area contributed by atoms with Crippen LogP contribution in [0, 0.1) is 24.1 Å². The van der Waals surface area contributed by atoms with Gasteiger partial charge in [-0.2, -0.15) is 5.26 Å². The maximum Gasteiger partial charge on any atom is 0.137 e. The van der Waals surface area contributed by atoms with Gasteiger partial charge >= 0.3 is 0 Å². The highest BCUT2D eigenvalue weighted by Gasteiger charge is 2.21.